The monoisotopic (exact) mass is 221 g/mol. The van der Waals surface area contributed by atoms with Gasteiger partial charge in [-0.05, 0) is 38.7 Å². The Kier molecular flexibility index (Phi) is 3.15. The van der Waals surface area contributed by atoms with E-state index in [9.17, 15) is 4.79 Å². The molecule has 1 aliphatic rings. The molecule has 0 bridgehead atoms. The summed E-state index contributed by atoms with van der Waals surface area (Å²) in [6.45, 7) is 4.95. The maximum Gasteiger partial charge on any atom is 0.190 e. The molecule has 0 aliphatic heterocycles. The number of nitrogens with zero attached hydrogens (tertiary/aromatic N) is 1. The molecule has 0 radical (unpaired) electrons. The Balaban J connectivity index is 1.93. The number of Topliss-reactive ketones (excluding diaryl/α,β-unsaturated/α-hetero) is 1. The molecule has 0 atom stereocenters. The number of aryl methyl sites for hydroxylation is 1. The van der Waals surface area contributed by atoms with Crippen LogP contribution in [0.5, 0.6) is 0 Å². The summed E-state index contributed by atoms with van der Waals surface area (Å²) in [6.07, 6.45) is 2.52. The number of ether oxygens (including phenoxy) is 1. The molecular formula is C13H19NO2. The molecule has 1 fully saturated rings. The zero-order chi connectivity index (χ0) is 11.7. The Morgan fingerprint density at radius 1 is 1.50 bits per heavy atom. The summed E-state index contributed by atoms with van der Waals surface area (Å²) in [4.78, 5) is 11.9. The Bertz CT molecular complexity index is 402. The van der Waals surface area contributed by atoms with Gasteiger partial charge in [-0.15, -0.1) is 0 Å². The van der Waals surface area contributed by atoms with Crippen molar-refractivity contribution in [1.29, 1.82) is 0 Å². The van der Waals surface area contributed by atoms with E-state index in [4.69, 9.17) is 4.74 Å². The molecule has 1 heterocycles. The molecule has 0 spiro atoms. The molecule has 0 saturated heterocycles. The van der Waals surface area contributed by atoms with Gasteiger partial charge in [-0.25, -0.2) is 0 Å². The van der Waals surface area contributed by atoms with Gasteiger partial charge in [0.1, 0.15) is 6.61 Å². The summed E-state index contributed by atoms with van der Waals surface area (Å²) in [7, 11) is 1.98. The molecule has 1 aliphatic carbocycles. The van der Waals surface area contributed by atoms with Crippen molar-refractivity contribution in [3.05, 3.63) is 23.0 Å². The van der Waals surface area contributed by atoms with Crippen LogP contribution in [0.2, 0.25) is 0 Å². The normalized spacial score (nSPS) is 15.4. The minimum absolute atomic E-state index is 0.0989. The quantitative estimate of drug-likeness (QED) is 0.714. The van der Waals surface area contributed by atoms with Gasteiger partial charge in [0.05, 0.1) is 6.61 Å². The first-order valence-corrected chi connectivity index (χ1v) is 5.83. The second kappa shape index (κ2) is 4.42. The van der Waals surface area contributed by atoms with E-state index in [1.165, 1.54) is 12.8 Å². The van der Waals surface area contributed by atoms with Crippen molar-refractivity contribution in [1.82, 2.24) is 4.57 Å². The SMILES string of the molecule is Cc1cc(C(=O)COCC2CC2)c(C)n1C. The van der Waals surface area contributed by atoms with Crippen LogP contribution >= 0.6 is 0 Å². The highest BCUT2D eigenvalue weighted by Crippen LogP contribution is 2.28. The van der Waals surface area contributed by atoms with E-state index in [2.05, 4.69) is 0 Å². The number of aromatic nitrogens is 1. The smallest absolute Gasteiger partial charge is 0.190 e. The molecule has 0 N–H and O–H groups in total. The third-order valence-corrected chi connectivity index (χ3v) is 3.36. The van der Waals surface area contributed by atoms with Crippen LogP contribution < -0.4 is 0 Å². The van der Waals surface area contributed by atoms with Crippen molar-refractivity contribution in [3.63, 3.8) is 0 Å². The van der Waals surface area contributed by atoms with E-state index in [1.807, 2.05) is 31.5 Å². The molecule has 2 rings (SSSR count). The molecule has 0 amide bonds. The minimum atomic E-state index is 0.0989. The average Bonchev–Trinajstić information content (AvgIpc) is 3.03. The summed E-state index contributed by atoms with van der Waals surface area (Å²) in [5, 5.41) is 0. The Morgan fingerprint density at radius 2 is 2.19 bits per heavy atom. The van der Waals surface area contributed by atoms with Gasteiger partial charge in [-0.3, -0.25) is 4.79 Å². The van der Waals surface area contributed by atoms with Crippen molar-refractivity contribution < 1.29 is 9.53 Å². The van der Waals surface area contributed by atoms with Crippen LogP contribution in [-0.4, -0.2) is 23.6 Å². The first-order valence-electron chi connectivity index (χ1n) is 5.83. The largest absolute Gasteiger partial charge is 0.373 e. The summed E-state index contributed by atoms with van der Waals surface area (Å²) in [6, 6.07) is 1.94. The average molecular weight is 221 g/mol. The highest BCUT2D eigenvalue weighted by molar-refractivity contribution is 5.98. The van der Waals surface area contributed by atoms with Crippen LogP contribution in [0.3, 0.4) is 0 Å². The lowest BCUT2D eigenvalue weighted by Gasteiger charge is -2.03. The van der Waals surface area contributed by atoms with Gasteiger partial charge >= 0.3 is 0 Å². The number of hydrogen-bond donors (Lipinski definition) is 0. The number of hydrogen-bond acceptors (Lipinski definition) is 2. The third kappa shape index (κ3) is 2.35. The lowest BCUT2D eigenvalue weighted by molar-refractivity contribution is 0.0739. The van der Waals surface area contributed by atoms with Gasteiger partial charge in [0.15, 0.2) is 5.78 Å². The summed E-state index contributed by atoms with van der Waals surface area (Å²) >= 11 is 0. The summed E-state index contributed by atoms with van der Waals surface area (Å²) in [5.74, 6) is 0.813. The molecule has 3 nitrogen and oxygen atoms in total. The van der Waals surface area contributed by atoms with E-state index in [-0.39, 0.29) is 12.4 Å². The number of carbonyl (C=O) groups excluding carboxylic acids is 1. The van der Waals surface area contributed by atoms with Crippen LogP contribution in [-0.2, 0) is 11.8 Å². The number of carbonyl (C=O) groups is 1. The number of rotatable bonds is 5. The van der Waals surface area contributed by atoms with Crippen LogP contribution in [0.15, 0.2) is 6.07 Å². The van der Waals surface area contributed by atoms with Gasteiger partial charge in [0.25, 0.3) is 0 Å². The first kappa shape index (κ1) is 11.4. The van der Waals surface area contributed by atoms with Crippen LogP contribution in [0.4, 0.5) is 0 Å². The van der Waals surface area contributed by atoms with E-state index in [1.54, 1.807) is 0 Å². The third-order valence-electron chi connectivity index (χ3n) is 3.36. The zero-order valence-electron chi connectivity index (χ0n) is 10.2. The van der Waals surface area contributed by atoms with Gasteiger partial charge in [0, 0.05) is 24.0 Å². The van der Waals surface area contributed by atoms with Crippen molar-refractivity contribution in [3.8, 4) is 0 Å². The van der Waals surface area contributed by atoms with Crippen LogP contribution in [0.25, 0.3) is 0 Å². The van der Waals surface area contributed by atoms with Crippen LogP contribution in [0.1, 0.15) is 34.6 Å². The lowest BCUT2D eigenvalue weighted by Crippen LogP contribution is -2.11. The van der Waals surface area contributed by atoms with E-state index in [0.29, 0.717) is 5.92 Å². The van der Waals surface area contributed by atoms with E-state index in [0.717, 1.165) is 23.6 Å². The molecule has 3 heteroatoms. The zero-order valence-corrected chi connectivity index (χ0v) is 10.2. The Morgan fingerprint density at radius 3 is 2.69 bits per heavy atom. The van der Waals surface area contributed by atoms with Gasteiger partial charge in [-0.2, -0.15) is 0 Å². The highest BCUT2D eigenvalue weighted by Gasteiger charge is 2.22. The lowest BCUT2D eigenvalue weighted by atomic mass is 10.1. The maximum absolute atomic E-state index is 11.9. The molecule has 16 heavy (non-hydrogen) atoms. The van der Waals surface area contributed by atoms with Crippen molar-refractivity contribution in [2.24, 2.45) is 13.0 Å². The van der Waals surface area contributed by atoms with Crippen molar-refractivity contribution >= 4 is 5.78 Å². The van der Waals surface area contributed by atoms with Gasteiger partial charge in [-0.1, -0.05) is 0 Å². The first-order chi connectivity index (χ1) is 7.59. The van der Waals surface area contributed by atoms with E-state index >= 15 is 0 Å². The topological polar surface area (TPSA) is 31.2 Å². The Labute approximate surface area is 96.4 Å². The molecule has 88 valence electrons. The fourth-order valence-electron chi connectivity index (χ4n) is 1.82. The van der Waals surface area contributed by atoms with Crippen molar-refractivity contribution in [2.75, 3.05) is 13.2 Å². The molecule has 0 unspecified atom stereocenters. The fraction of sp³-hybridized carbons (Fsp3) is 0.615. The predicted molar refractivity (Wildman–Crippen MR) is 62.8 cm³/mol. The second-order valence-electron chi connectivity index (χ2n) is 4.73. The van der Waals surface area contributed by atoms with Crippen molar-refractivity contribution in [2.45, 2.75) is 26.7 Å². The highest BCUT2D eigenvalue weighted by atomic mass is 16.5. The summed E-state index contributed by atoms with van der Waals surface area (Å²) < 4.78 is 7.45. The molecular weight excluding hydrogens is 202 g/mol. The van der Waals surface area contributed by atoms with Crippen LogP contribution in [0, 0.1) is 19.8 Å². The molecule has 1 aromatic heterocycles. The minimum Gasteiger partial charge on any atom is -0.373 e. The standard InChI is InChI=1S/C13H19NO2/c1-9-6-12(10(2)14(9)3)13(15)8-16-7-11-4-5-11/h6,11H,4-5,7-8H2,1-3H3. The molecule has 1 aromatic rings. The van der Waals surface area contributed by atoms with Gasteiger partial charge in [0.2, 0.25) is 0 Å². The molecule has 0 aromatic carbocycles. The summed E-state index contributed by atoms with van der Waals surface area (Å²) in [5.41, 5.74) is 2.94. The van der Waals surface area contributed by atoms with E-state index < -0.39 is 0 Å². The second-order valence-corrected chi connectivity index (χ2v) is 4.73. The molecule has 1 saturated carbocycles. The maximum atomic E-state index is 11.9. The Hall–Kier alpha value is -1.09. The number of ketones is 1. The van der Waals surface area contributed by atoms with Gasteiger partial charge < -0.3 is 9.30 Å². The predicted octanol–water partition coefficient (Wildman–Crippen LogP) is 2.25. The fourth-order valence-corrected chi connectivity index (χ4v) is 1.82.